The minimum Gasteiger partial charge on any atom is -0.481 e. The van der Waals surface area contributed by atoms with Crippen LogP contribution >= 0.6 is 22.9 Å². The van der Waals surface area contributed by atoms with Crippen LogP contribution in [0.1, 0.15) is 53.0 Å². The fourth-order valence-electron chi connectivity index (χ4n) is 4.49. The smallest absolute Gasteiger partial charge is 0.182 e. The van der Waals surface area contributed by atoms with E-state index >= 15 is 0 Å². The molecule has 32 heavy (non-hydrogen) atoms. The first-order chi connectivity index (χ1) is 15.6. The number of nitrogens with one attached hydrogen (secondary N) is 1. The molecule has 0 saturated heterocycles. The Morgan fingerprint density at radius 2 is 2.22 bits per heavy atom. The number of nitrogens with zero attached hydrogens (tertiary/aromatic N) is 3. The van der Waals surface area contributed by atoms with Gasteiger partial charge in [0.15, 0.2) is 11.9 Å². The topological polar surface area (TPSA) is 93.3 Å². The highest BCUT2D eigenvalue weighted by Gasteiger charge is 2.34. The average molecular weight is 469 g/mol. The fourth-order valence-corrected chi connectivity index (χ4v) is 5.92. The van der Waals surface area contributed by atoms with Crippen molar-refractivity contribution in [1.82, 2.24) is 20.4 Å². The second-order valence-corrected chi connectivity index (χ2v) is 9.68. The molecule has 2 aliphatic rings. The quantitative estimate of drug-likeness (QED) is 0.445. The van der Waals surface area contributed by atoms with Crippen LogP contribution in [0.25, 0.3) is 21.5 Å². The van der Waals surface area contributed by atoms with E-state index in [2.05, 4.69) is 20.4 Å². The van der Waals surface area contributed by atoms with Gasteiger partial charge in [0.2, 0.25) is 0 Å². The first kappa shape index (κ1) is 20.1. The van der Waals surface area contributed by atoms with Crippen molar-refractivity contribution in [3.8, 4) is 17.0 Å². The lowest BCUT2D eigenvalue weighted by Crippen LogP contribution is -2.24. The number of aliphatic hydroxyl groups excluding tert-OH is 1. The number of ether oxygens (including phenoxy) is 1. The third kappa shape index (κ3) is 3.21. The van der Waals surface area contributed by atoms with Crippen LogP contribution in [0.5, 0.6) is 5.75 Å². The van der Waals surface area contributed by atoms with Gasteiger partial charge in [-0.15, -0.1) is 11.3 Å². The van der Waals surface area contributed by atoms with Gasteiger partial charge in [0.1, 0.15) is 12.1 Å². The number of aromatic nitrogens is 3. The van der Waals surface area contributed by atoms with Gasteiger partial charge in [-0.05, 0) is 24.6 Å². The highest BCUT2D eigenvalue weighted by atomic mass is 35.5. The molecule has 164 valence electrons. The summed E-state index contributed by atoms with van der Waals surface area (Å²) in [4.78, 5) is 9.87. The van der Waals surface area contributed by atoms with Crippen molar-refractivity contribution in [1.29, 1.82) is 0 Å². The minimum absolute atomic E-state index is 0.253. The molecule has 5 heterocycles. The van der Waals surface area contributed by atoms with E-state index in [1.54, 1.807) is 6.33 Å². The molecule has 0 unspecified atom stereocenters. The zero-order chi connectivity index (χ0) is 21.8. The second-order valence-electron chi connectivity index (χ2n) is 8.16. The lowest BCUT2D eigenvalue weighted by atomic mass is 10.0. The molecule has 4 aromatic rings. The maximum Gasteiger partial charge on any atom is 0.182 e. The third-order valence-electron chi connectivity index (χ3n) is 6.13. The molecule has 0 saturated carbocycles. The van der Waals surface area contributed by atoms with Crippen LogP contribution in [0, 0.1) is 0 Å². The minimum atomic E-state index is -0.515. The van der Waals surface area contributed by atoms with Crippen molar-refractivity contribution < 1.29 is 14.4 Å². The summed E-state index contributed by atoms with van der Waals surface area (Å²) in [6.07, 6.45) is 2.94. The van der Waals surface area contributed by atoms with Gasteiger partial charge in [0.05, 0.1) is 27.7 Å². The molecule has 6 rings (SSSR count). The Kier molecular flexibility index (Phi) is 4.91. The molecule has 0 radical (unpaired) electrons. The molecule has 1 aromatic carbocycles. The lowest BCUT2D eigenvalue weighted by molar-refractivity contribution is 0.177. The van der Waals surface area contributed by atoms with Crippen molar-refractivity contribution in [2.45, 2.75) is 44.9 Å². The van der Waals surface area contributed by atoms with E-state index in [0.29, 0.717) is 17.9 Å². The Hall–Kier alpha value is -2.52. The Morgan fingerprint density at radius 1 is 1.31 bits per heavy atom. The summed E-state index contributed by atoms with van der Waals surface area (Å²) in [6.45, 7) is 3.60. The zero-order valence-electron chi connectivity index (χ0n) is 17.4. The van der Waals surface area contributed by atoms with Crippen LogP contribution < -0.4 is 10.1 Å². The lowest BCUT2D eigenvalue weighted by Gasteiger charge is -2.14. The molecular weight excluding hydrogens is 448 g/mol. The van der Waals surface area contributed by atoms with E-state index in [-0.39, 0.29) is 6.10 Å². The summed E-state index contributed by atoms with van der Waals surface area (Å²) in [6, 6.07) is 5.76. The summed E-state index contributed by atoms with van der Waals surface area (Å²) < 4.78 is 13.1. The largest absolute Gasteiger partial charge is 0.481 e. The van der Waals surface area contributed by atoms with Crippen molar-refractivity contribution in [3.05, 3.63) is 57.0 Å². The standard InChI is InChI=1S/C23H21ClN4O3S/c1-2-17(29)19-8-16-23(32-19)20(27-10-26-16)13-7-12(24)5-11-6-18(30-21(11)13)22-14-9-25-4-3-15(14)28-31-22/h5,7-8,10,17-18,25,29H,2-4,6,9H2,1H3/t17-,18+/m0/s1. The van der Waals surface area contributed by atoms with E-state index in [9.17, 15) is 5.11 Å². The summed E-state index contributed by atoms with van der Waals surface area (Å²) in [5.41, 5.74) is 5.52. The highest BCUT2D eigenvalue weighted by Crippen LogP contribution is 2.47. The molecule has 9 heteroatoms. The maximum atomic E-state index is 10.3. The number of rotatable bonds is 4. The van der Waals surface area contributed by atoms with Crippen LogP contribution in [0.3, 0.4) is 0 Å². The second kappa shape index (κ2) is 7.81. The van der Waals surface area contributed by atoms with Gasteiger partial charge in [0.25, 0.3) is 0 Å². The molecular formula is C23H21ClN4O3S. The first-order valence-electron chi connectivity index (χ1n) is 10.7. The van der Waals surface area contributed by atoms with Gasteiger partial charge in [-0.3, -0.25) is 0 Å². The molecule has 2 N–H and O–H groups in total. The number of hydrogen-bond donors (Lipinski definition) is 2. The van der Waals surface area contributed by atoms with Crippen molar-refractivity contribution in [3.63, 3.8) is 0 Å². The zero-order valence-corrected chi connectivity index (χ0v) is 19.0. The van der Waals surface area contributed by atoms with Gasteiger partial charge in [0, 0.05) is 52.5 Å². The summed E-state index contributed by atoms with van der Waals surface area (Å²) in [5.74, 6) is 1.54. The Bertz CT molecular complexity index is 1330. The number of aliphatic hydroxyl groups is 1. The van der Waals surface area contributed by atoms with Gasteiger partial charge in [-0.25, -0.2) is 9.97 Å². The summed E-state index contributed by atoms with van der Waals surface area (Å²) >= 11 is 8.02. The Balaban J connectivity index is 1.44. The van der Waals surface area contributed by atoms with Crippen molar-refractivity contribution in [2.24, 2.45) is 0 Å². The average Bonchev–Trinajstić information content (AvgIpc) is 3.53. The van der Waals surface area contributed by atoms with Gasteiger partial charge >= 0.3 is 0 Å². The molecule has 0 bridgehead atoms. The van der Waals surface area contributed by atoms with Crippen LogP contribution in [0.4, 0.5) is 0 Å². The Labute approximate surface area is 193 Å². The third-order valence-corrected chi connectivity index (χ3v) is 7.58. The summed E-state index contributed by atoms with van der Waals surface area (Å²) in [5, 5.41) is 18.6. The molecule has 0 amide bonds. The van der Waals surface area contributed by atoms with Crippen LogP contribution in [0.2, 0.25) is 5.02 Å². The van der Waals surface area contributed by atoms with Crippen LogP contribution in [-0.4, -0.2) is 26.8 Å². The number of halogens is 1. The van der Waals surface area contributed by atoms with E-state index in [4.69, 9.17) is 20.9 Å². The monoisotopic (exact) mass is 468 g/mol. The van der Waals surface area contributed by atoms with Crippen LogP contribution in [-0.2, 0) is 19.4 Å². The Morgan fingerprint density at radius 3 is 3.09 bits per heavy atom. The normalized spacial score (nSPS) is 18.4. The van der Waals surface area contributed by atoms with Crippen LogP contribution in [0.15, 0.2) is 29.0 Å². The molecule has 0 aliphatic carbocycles. The first-order valence-corrected chi connectivity index (χ1v) is 11.9. The SMILES string of the molecule is CC[C@H](O)c1cc2ncnc(-c3cc(Cl)cc4c3O[C@@H](c3onc5c3CNCC5)C4)c2s1. The van der Waals surface area contributed by atoms with Gasteiger partial charge in [-0.2, -0.15) is 0 Å². The summed E-state index contributed by atoms with van der Waals surface area (Å²) in [7, 11) is 0. The molecule has 7 nitrogen and oxygen atoms in total. The van der Waals surface area contributed by atoms with E-state index in [1.165, 1.54) is 11.3 Å². The predicted octanol–water partition coefficient (Wildman–Crippen LogP) is 4.77. The van der Waals surface area contributed by atoms with E-state index in [0.717, 1.165) is 74.2 Å². The predicted molar refractivity (Wildman–Crippen MR) is 122 cm³/mol. The highest BCUT2D eigenvalue weighted by molar-refractivity contribution is 7.19. The number of thiophene rings is 1. The maximum absolute atomic E-state index is 10.3. The molecule has 0 spiro atoms. The molecule has 0 fully saturated rings. The van der Waals surface area contributed by atoms with Crippen molar-refractivity contribution in [2.75, 3.05) is 6.54 Å². The van der Waals surface area contributed by atoms with Crippen molar-refractivity contribution >= 4 is 33.2 Å². The molecule has 3 aromatic heterocycles. The van der Waals surface area contributed by atoms with Gasteiger partial charge < -0.3 is 19.7 Å². The fraction of sp³-hybridized carbons (Fsp3) is 0.348. The number of hydrogen-bond acceptors (Lipinski definition) is 8. The van der Waals surface area contributed by atoms with E-state index in [1.807, 2.05) is 25.1 Å². The molecule has 2 atom stereocenters. The van der Waals surface area contributed by atoms with Gasteiger partial charge in [-0.1, -0.05) is 23.7 Å². The molecule has 2 aliphatic heterocycles. The van der Waals surface area contributed by atoms with E-state index < -0.39 is 6.10 Å². The number of fused-ring (bicyclic) bond motifs is 3. The number of benzene rings is 1.